The average Bonchev–Trinajstić information content (AvgIpc) is 3.29. The monoisotopic (exact) mass is 924 g/mol. The Bertz CT molecular complexity index is 1470. The Morgan fingerprint density at radius 2 is 0.877 bits per heavy atom. The third-order valence-corrected chi connectivity index (χ3v) is 10.9. The van der Waals surface area contributed by atoms with Gasteiger partial charge in [-0.1, -0.05) is 180 Å². The van der Waals surface area contributed by atoms with Crippen molar-refractivity contribution in [3.8, 4) is 0 Å². The number of hydrogen-bond acceptors (Lipinski definition) is 7. The van der Waals surface area contributed by atoms with Crippen LogP contribution in [0.3, 0.4) is 0 Å². The van der Waals surface area contributed by atoms with Crippen molar-refractivity contribution in [2.45, 2.75) is 187 Å². The molecule has 368 valence electrons. The first kappa shape index (κ1) is 61.4. The number of phosphoric acid groups is 1. The number of phosphoric ester groups is 1. The van der Waals surface area contributed by atoms with E-state index in [0.717, 1.165) is 103 Å². The molecule has 0 fully saturated rings. The van der Waals surface area contributed by atoms with Gasteiger partial charge >= 0.3 is 13.8 Å². The van der Waals surface area contributed by atoms with Crippen LogP contribution in [0, 0.1) is 0 Å². The number of carbonyl (C=O) groups is 2. The molecule has 0 spiro atoms. The molecule has 2 unspecified atom stereocenters. The van der Waals surface area contributed by atoms with Gasteiger partial charge in [-0.15, -0.1) is 0 Å². The summed E-state index contributed by atoms with van der Waals surface area (Å²) in [5, 5.41) is 12.7. The average molecular weight is 924 g/mol. The number of esters is 1. The molecule has 0 heterocycles. The van der Waals surface area contributed by atoms with Gasteiger partial charge in [-0.3, -0.25) is 18.6 Å². The molecule has 10 heteroatoms. The topological polar surface area (TPSA) is 131 Å². The Morgan fingerprint density at radius 1 is 0.492 bits per heavy atom. The molecule has 0 aromatic heterocycles. The number of aliphatic hydroxyl groups excluding tert-OH is 1. The normalized spacial score (nSPS) is 14.2. The lowest BCUT2D eigenvalue weighted by Gasteiger charge is -2.15. The van der Waals surface area contributed by atoms with E-state index in [1.807, 2.05) is 0 Å². The van der Waals surface area contributed by atoms with Gasteiger partial charge in [-0.05, 0) is 109 Å². The molecule has 0 bridgehead atoms. The second kappa shape index (κ2) is 49.8. The number of ether oxygens (including phenoxy) is 1. The van der Waals surface area contributed by atoms with Crippen molar-refractivity contribution in [2.24, 2.45) is 0 Å². The molecule has 0 aliphatic heterocycles. The van der Waals surface area contributed by atoms with Crippen molar-refractivity contribution >= 4 is 19.7 Å². The van der Waals surface area contributed by atoms with E-state index in [0.29, 0.717) is 12.8 Å². The van der Waals surface area contributed by atoms with Gasteiger partial charge in [0, 0.05) is 19.4 Å². The second-order valence-electron chi connectivity index (χ2n) is 16.0. The summed E-state index contributed by atoms with van der Waals surface area (Å²) in [6.45, 7) is 3.33. The molecule has 0 saturated carbocycles. The Labute approximate surface area is 396 Å². The predicted octanol–water partition coefficient (Wildman–Crippen LogP) is 14.9. The molecule has 0 aromatic carbocycles. The minimum Gasteiger partial charge on any atom is -0.463 e. The van der Waals surface area contributed by atoms with E-state index in [2.05, 4.69) is 141 Å². The maximum atomic E-state index is 12.1. The fourth-order valence-corrected chi connectivity index (χ4v) is 6.89. The van der Waals surface area contributed by atoms with Crippen LogP contribution in [0.5, 0.6) is 0 Å². The Balaban J connectivity index is 3.70. The molecule has 0 rings (SSSR count). The smallest absolute Gasteiger partial charge is 0.463 e. The van der Waals surface area contributed by atoms with E-state index in [1.54, 1.807) is 0 Å². The fraction of sp³-hybridized carbons (Fsp3) is 0.600. The van der Waals surface area contributed by atoms with Crippen LogP contribution in [-0.4, -0.2) is 54.3 Å². The van der Waals surface area contributed by atoms with E-state index in [9.17, 15) is 24.2 Å². The molecular formula is C55H90NO8P. The summed E-state index contributed by atoms with van der Waals surface area (Å²) in [6.07, 6.45) is 68.5. The number of rotatable bonds is 45. The van der Waals surface area contributed by atoms with Crippen LogP contribution in [-0.2, 0) is 27.9 Å². The van der Waals surface area contributed by atoms with Crippen molar-refractivity contribution < 1.29 is 37.9 Å². The van der Waals surface area contributed by atoms with E-state index in [4.69, 9.17) is 13.8 Å². The van der Waals surface area contributed by atoms with Gasteiger partial charge in [-0.2, -0.15) is 0 Å². The SMILES string of the molecule is CC/C=C\C/C=C\C/C=C\C/C=C\C/C=C\C/C=C\CCCCC(=O)NCCOP(=O)(O)OCC(O)COC(=O)CCCCCCCCC/C=C\C/C=C\C/C=C\C/C=C\CCCCC. The Hall–Kier alpha value is -3.59. The molecule has 9 nitrogen and oxygen atoms in total. The summed E-state index contributed by atoms with van der Waals surface area (Å²) in [7, 11) is -4.45. The first-order chi connectivity index (χ1) is 31.8. The lowest BCUT2D eigenvalue weighted by Crippen LogP contribution is -2.27. The zero-order chi connectivity index (χ0) is 47.4. The molecular weight excluding hydrogens is 834 g/mol. The van der Waals surface area contributed by atoms with Crippen LogP contribution in [0.1, 0.15) is 181 Å². The minimum absolute atomic E-state index is 0.0484. The largest absolute Gasteiger partial charge is 0.472 e. The van der Waals surface area contributed by atoms with Crippen LogP contribution < -0.4 is 5.32 Å². The quantitative estimate of drug-likeness (QED) is 0.0238. The zero-order valence-corrected chi connectivity index (χ0v) is 41.5. The van der Waals surface area contributed by atoms with Gasteiger partial charge in [0.15, 0.2) is 0 Å². The first-order valence-corrected chi connectivity index (χ1v) is 26.5. The van der Waals surface area contributed by atoms with Crippen LogP contribution in [0.15, 0.2) is 122 Å². The predicted molar refractivity (Wildman–Crippen MR) is 274 cm³/mol. The molecule has 0 radical (unpaired) electrons. The van der Waals surface area contributed by atoms with Gasteiger partial charge in [0.2, 0.25) is 5.91 Å². The van der Waals surface area contributed by atoms with Gasteiger partial charge in [-0.25, -0.2) is 4.57 Å². The van der Waals surface area contributed by atoms with Crippen molar-refractivity contribution in [3.63, 3.8) is 0 Å². The van der Waals surface area contributed by atoms with Crippen LogP contribution in [0.25, 0.3) is 0 Å². The standard InChI is InChI=1S/C55H90NO8P/c1-3-5-7-9-11-13-15-17-19-21-23-25-26-28-30-32-34-36-38-40-42-44-46-48-55(59)62-51-53(57)52-64-65(60,61)63-50-49-56-54(58)47-45-43-41-39-37-35-33-31-29-27-24-22-20-18-16-14-12-10-8-6-4-2/h6,8,11-14,17-20,23-25,27-28,30-31,33,37,39,53,57H,3-5,7,9-10,15-16,21-22,26,29,32,34-36,38,40-52H2,1-2H3,(H,56,58)(H,60,61)/b8-6-,13-11-,14-12-,19-17-,20-18-,25-23-,27-24-,30-28-,33-31-,39-37-. The molecule has 0 aliphatic rings. The Morgan fingerprint density at radius 3 is 1.34 bits per heavy atom. The molecule has 2 atom stereocenters. The van der Waals surface area contributed by atoms with E-state index < -0.39 is 26.5 Å². The number of hydrogen-bond donors (Lipinski definition) is 3. The maximum Gasteiger partial charge on any atom is 0.472 e. The summed E-state index contributed by atoms with van der Waals surface area (Å²) in [5.41, 5.74) is 0. The van der Waals surface area contributed by atoms with Gasteiger partial charge < -0.3 is 20.1 Å². The number of allylic oxidation sites excluding steroid dienone is 20. The lowest BCUT2D eigenvalue weighted by molar-refractivity contribution is -0.147. The number of nitrogens with one attached hydrogen (secondary N) is 1. The van der Waals surface area contributed by atoms with E-state index in [-0.39, 0.29) is 32.1 Å². The van der Waals surface area contributed by atoms with E-state index >= 15 is 0 Å². The highest BCUT2D eigenvalue weighted by Gasteiger charge is 2.23. The highest BCUT2D eigenvalue weighted by atomic mass is 31.2. The zero-order valence-electron chi connectivity index (χ0n) is 40.6. The third-order valence-electron chi connectivity index (χ3n) is 9.88. The van der Waals surface area contributed by atoms with Crippen molar-refractivity contribution in [1.82, 2.24) is 5.32 Å². The number of unbranched alkanes of at least 4 members (excludes halogenated alkanes) is 12. The van der Waals surface area contributed by atoms with Gasteiger partial charge in [0.1, 0.15) is 12.7 Å². The Kier molecular flexibility index (Phi) is 47.1. The fourth-order valence-electron chi connectivity index (χ4n) is 6.13. The van der Waals surface area contributed by atoms with Crippen molar-refractivity contribution in [1.29, 1.82) is 0 Å². The molecule has 65 heavy (non-hydrogen) atoms. The van der Waals surface area contributed by atoms with Crippen LogP contribution in [0.2, 0.25) is 0 Å². The third kappa shape index (κ3) is 51.3. The maximum absolute atomic E-state index is 12.1. The van der Waals surface area contributed by atoms with Crippen molar-refractivity contribution in [2.75, 3.05) is 26.4 Å². The summed E-state index contributed by atoms with van der Waals surface area (Å²) in [6, 6.07) is 0. The summed E-state index contributed by atoms with van der Waals surface area (Å²) in [4.78, 5) is 34.1. The molecule has 0 saturated heterocycles. The summed E-state index contributed by atoms with van der Waals surface area (Å²) < 4.78 is 27.0. The summed E-state index contributed by atoms with van der Waals surface area (Å²) in [5.74, 6) is -0.581. The van der Waals surface area contributed by atoms with Gasteiger partial charge in [0.25, 0.3) is 0 Å². The van der Waals surface area contributed by atoms with Crippen LogP contribution in [0.4, 0.5) is 0 Å². The first-order valence-electron chi connectivity index (χ1n) is 25.0. The highest BCUT2D eigenvalue weighted by Crippen LogP contribution is 2.42. The lowest BCUT2D eigenvalue weighted by atomic mass is 10.1. The molecule has 1 amide bonds. The van der Waals surface area contributed by atoms with Gasteiger partial charge in [0.05, 0.1) is 13.2 Å². The van der Waals surface area contributed by atoms with E-state index in [1.165, 1.54) is 44.9 Å². The van der Waals surface area contributed by atoms with Crippen LogP contribution >= 0.6 is 7.82 Å². The summed E-state index contributed by atoms with van der Waals surface area (Å²) >= 11 is 0. The highest BCUT2D eigenvalue weighted by molar-refractivity contribution is 7.47. The number of amides is 1. The van der Waals surface area contributed by atoms with Crippen molar-refractivity contribution in [3.05, 3.63) is 122 Å². The molecule has 0 aliphatic carbocycles. The minimum atomic E-state index is -4.45. The second-order valence-corrected chi connectivity index (χ2v) is 17.5. The number of aliphatic hydroxyl groups is 1. The molecule has 3 N–H and O–H groups in total. The number of carbonyl (C=O) groups excluding carboxylic acids is 2. The molecule has 0 aromatic rings.